The van der Waals surface area contributed by atoms with Crippen LogP contribution in [0.25, 0.3) is 0 Å². The molecular formula is C20H20BrNO3. The monoisotopic (exact) mass is 401 g/mol. The van der Waals surface area contributed by atoms with Gasteiger partial charge >= 0.3 is 5.97 Å². The number of nitrogens with one attached hydrogen (secondary N) is 1. The summed E-state index contributed by atoms with van der Waals surface area (Å²) in [6.07, 6.45) is 1.54. The Morgan fingerprint density at radius 3 is 2.40 bits per heavy atom. The van der Waals surface area contributed by atoms with E-state index >= 15 is 0 Å². The Balaban J connectivity index is 1.54. The lowest BCUT2D eigenvalue weighted by Gasteiger charge is -2.17. The number of benzene rings is 2. The van der Waals surface area contributed by atoms with Crippen molar-refractivity contribution in [2.75, 3.05) is 6.61 Å². The number of carbonyl (C=O) groups excluding carboxylic acids is 2. The Hall–Kier alpha value is -2.14. The predicted octanol–water partition coefficient (Wildman–Crippen LogP) is 3.90. The van der Waals surface area contributed by atoms with Crippen molar-refractivity contribution < 1.29 is 14.3 Å². The summed E-state index contributed by atoms with van der Waals surface area (Å²) in [5.74, 6) is -0.622. The zero-order valence-electron chi connectivity index (χ0n) is 14.0. The molecule has 0 bridgehead atoms. The number of hydrogen-bond acceptors (Lipinski definition) is 3. The maximum atomic E-state index is 12.4. The van der Waals surface area contributed by atoms with Gasteiger partial charge in [0.25, 0.3) is 5.91 Å². The number of ether oxygens (including phenoxy) is 1. The molecule has 0 radical (unpaired) electrons. The van der Waals surface area contributed by atoms with Crippen LogP contribution in [0.5, 0.6) is 0 Å². The molecule has 1 amide bonds. The average molecular weight is 402 g/mol. The highest BCUT2D eigenvalue weighted by Gasteiger charge is 2.52. The molecule has 1 aliphatic rings. The number of hydrogen-bond donors (Lipinski definition) is 1. The van der Waals surface area contributed by atoms with Crippen LogP contribution in [0.2, 0.25) is 0 Å². The van der Waals surface area contributed by atoms with E-state index < -0.39 is 5.41 Å². The van der Waals surface area contributed by atoms with Crippen molar-refractivity contribution in [2.45, 2.75) is 31.2 Å². The van der Waals surface area contributed by atoms with Crippen molar-refractivity contribution in [3.05, 3.63) is 70.2 Å². The maximum Gasteiger partial charge on any atom is 0.317 e. The highest BCUT2D eigenvalue weighted by Crippen LogP contribution is 2.49. The summed E-state index contributed by atoms with van der Waals surface area (Å²) >= 11 is 3.47. The molecule has 0 aromatic heterocycles. The number of carbonyl (C=O) groups is 2. The SMILES string of the molecule is C[C@@H](NC(=O)COC(=O)C1(c2ccccc2)CC1)c1ccccc1Br. The van der Waals surface area contributed by atoms with Crippen LogP contribution >= 0.6 is 15.9 Å². The summed E-state index contributed by atoms with van der Waals surface area (Å²) in [6, 6.07) is 17.1. The van der Waals surface area contributed by atoms with Crippen molar-refractivity contribution in [1.82, 2.24) is 5.32 Å². The highest BCUT2D eigenvalue weighted by atomic mass is 79.9. The molecule has 0 spiro atoms. The van der Waals surface area contributed by atoms with Crippen molar-refractivity contribution in [1.29, 1.82) is 0 Å². The first-order valence-electron chi connectivity index (χ1n) is 8.29. The van der Waals surface area contributed by atoms with Gasteiger partial charge in [0.1, 0.15) is 0 Å². The van der Waals surface area contributed by atoms with Gasteiger partial charge in [0.2, 0.25) is 0 Å². The lowest BCUT2D eigenvalue weighted by atomic mass is 9.96. The second kappa shape index (κ2) is 7.40. The van der Waals surface area contributed by atoms with E-state index in [-0.39, 0.29) is 24.5 Å². The van der Waals surface area contributed by atoms with Crippen LogP contribution in [0.15, 0.2) is 59.1 Å². The molecule has 2 aromatic rings. The summed E-state index contributed by atoms with van der Waals surface area (Å²) in [6.45, 7) is 1.63. The molecule has 1 N–H and O–H groups in total. The Kier molecular flexibility index (Phi) is 5.23. The zero-order chi connectivity index (χ0) is 17.9. The van der Waals surface area contributed by atoms with Gasteiger partial charge in [0.05, 0.1) is 11.5 Å². The Labute approximate surface area is 155 Å². The van der Waals surface area contributed by atoms with Gasteiger partial charge in [-0.1, -0.05) is 64.5 Å². The summed E-state index contributed by atoms with van der Waals surface area (Å²) < 4.78 is 6.22. The van der Waals surface area contributed by atoms with Gasteiger partial charge in [-0.3, -0.25) is 9.59 Å². The molecule has 3 rings (SSSR count). The highest BCUT2D eigenvalue weighted by molar-refractivity contribution is 9.10. The molecule has 0 heterocycles. The van der Waals surface area contributed by atoms with Crippen LogP contribution in [0.3, 0.4) is 0 Å². The molecule has 0 unspecified atom stereocenters. The molecule has 1 fully saturated rings. The minimum atomic E-state index is -0.560. The summed E-state index contributed by atoms with van der Waals surface area (Å²) in [4.78, 5) is 24.6. The van der Waals surface area contributed by atoms with E-state index in [0.29, 0.717) is 0 Å². The summed E-state index contributed by atoms with van der Waals surface area (Å²) in [7, 11) is 0. The van der Waals surface area contributed by atoms with Gasteiger partial charge in [0, 0.05) is 4.47 Å². The quantitative estimate of drug-likeness (QED) is 0.746. The number of halogens is 1. The van der Waals surface area contributed by atoms with E-state index in [1.165, 1.54) is 0 Å². The first-order chi connectivity index (χ1) is 12.0. The third-order valence-corrected chi connectivity index (χ3v) is 5.27. The molecule has 25 heavy (non-hydrogen) atoms. The van der Waals surface area contributed by atoms with Crippen molar-refractivity contribution in [2.24, 2.45) is 0 Å². The second-order valence-corrected chi connectivity index (χ2v) is 7.19. The second-order valence-electron chi connectivity index (χ2n) is 6.33. The van der Waals surface area contributed by atoms with Gasteiger partial charge in [-0.05, 0) is 37.0 Å². The van der Waals surface area contributed by atoms with Crippen LogP contribution in [-0.2, 0) is 19.7 Å². The average Bonchev–Trinajstić information content (AvgIpc) is 3.43. The number of rotatable bonds is 6. The first-order valence-corrected chi connectivity index (χ1v) is 9.09. The van der Waals surface area contributed by atoms with Crippen LogP contribution in [-0.4, -0.2) is 18.5 Å². The summed E-state index contributed by atoms with van der Waals surface area (Å²) in [5, 5.41) is 2.86. The molecule has 2 aromatic carbocycles. The lowest BCUT2D eigenvalue weighted by Crippen LogP contribution is -2.33. The van der Waals surface area contributed by atoms with Gasteiger partial charge in [0.15, 0.2) is 6.61 Å². The van der Waals surface area contributed by atoms with E-state index in [4.69, 9.17) is 4.74 Å². The topological polar surface area (TPSA) is 55.4 Å². The number of amides is 1. The van der Waals surface area contributed by atoms with Crippen LogP contribution < -0.4 is 5.32 Å². The van der Waals surface area contributed by atoms with E-state index in [1.807, 2.05) is 61.5 Å². The fourth-order valence-electron chi connectivity index (χ4n) is 2.95. The van der Waals surface area contributed by atoms with Crippen LogP contribution in [0.1, 0.15) is 36.9 Å². The largest absolute Gasteiger partial charge is 0.455 e. The van der Waals surface area contributed by atoms with Gasteiger partial charge in [-0.2, -0.15) is 0 Å². The molecule has 4 nitrogen and oxygen atoms in total. The minimum absolute atomic E-state index is 0.175. The Morgan fingerprint density at radius 2 is 1.76 bits per heavy atom. The normalized spacial score (nSPS) is 15.9. The Bertz CT molecular complexity index is 772. The molecular weight excluding hydrogens is 382 g/mol. The van der Waals surface area contributed by atoms with E-state index in [1.54, 1.807) is 0 Å². The summed E-state index contributed by atoms with van der Waals surface area (Å²) in [5.41, 5.74) is 1.38. The maximum absolute atomic E-state index is 12.4. The fourth-order valence-corrected chi connectivity index (χ4v) is 3.58. The number of esters is 1. The smallest absolute Gasteiger partial charge is 0.317 e. The van der Waals surface area contributed by atoms with E-state index in [0.717, 1.165) is 28.4 Å². The minimum Gasteiger partial charge on any atom is -0.455 e. The predicted molar refractivity (Wildman–Crippen MR) is 99.0 cm³/mol. The fraction of sp³-hybridized carbons (Fsp3) is 0.300. The van der Waals surface area contributed by atoms with Crippen molar-refractivity contribution >= 4 is 27.8 Å². The molecule has 1 aliphatic carbocycles. The molecule has 5 heteroatoms. The lowest BCUT2D eigenvalue weighted by molar-refractivity contribution is -0.151. The molecule has 0 saturated heterocycles. The van der Waals surface area contributed by atoms with E-state index in [2.05, 4.69) is 21.2 Å². The van der Waals surface area contributed by atoms with Gasteiger partial charge in [-0.15, -0.1) is 0 Å². The molecule has 0 aliphatic heterocycles. The standard InChI is InChI=1S/C20H20BrNO3/c1-14(16-9-5-6-10-17(16)21)22-18(23)13-25-19(24)20(11-12-20)15-7-3-2-4-8-15/h2-10,14H,11-13H2,1H3,(H,22,23)/t14-/m1/s1. The zero-order valence-corrected chi connectivity index (χ0v) is 15.6. The third-order valence-electron chi connectivity index (χ3n) is 4.55. The van der Waals surface area contributed by atoms with E-state index in [9.17, 15) is 9.59 Å². The molecule has 1 saturated carbocycles. The first kappa shape index (κ1) is 17.7. The van der Waals surface area contributed by atoms with Crippen molar-refractivity contribution in [3.8, 4) is 0 Å². The van der Waals surface area contributed by atoms with Crippen LogP contribution in [0, 0.1) is 0 Å². The van der Waals surface area contributed by atoms with Gasteiger partial charge < -0.3 is 10.1 Å². The van der Waals surface area contributed by atoms with Gasteiger partial charge in [-0.25, -0.2) is 0 Å². The molecule has 1 atom stereocenters. The van der Waals surface area contributed by atoms with Crippen LogP contribution in [0.4, 0.5) is 0 Å². The van der Waals surface area contributed by atoms with Crippen molar-refractivity contribution in [3.63, 3.8) is 0 Å². The molecule has 130 valence electrons. The third kappa shape index (κ3) is 3.93. The Morgan fingerprint density at radius 1 is 1.12 bits per heavy atom.